The molecule has 1 saturated heterocycles. The fourth-order valence-electron chi connectivity index (χ4n) is 4.42. The van der Waals surface area contributed by atoms with E-state index in [1.54, 1.807) is 7.11 Å². The first-order valence-electron chi connectivity index (χ1n) is 10.9. The molecule has 1 aliphatic rings. The minimum Gasteiger partial charge on any atom is -0.497 e. The van der Waals surface area contributed by atoms with Gasteiger partial charge in [0.25, 0.3) is 11.8 Å². The molecule has 0 unspecified atom stereocenters. The quantitative estimate of drug-likeness (QED) is 0.625. The standard InChI is InChI=1S/C26H29N3O3/c1-17-15-23(19(3)29(17)20-9-7-10-21(16-20)32-4)25(30)27-24-12-8-11-22(18(24)2)26(31)28-13-5-6-14-28/h7-12,15-16H,5-6,13-14H2,1-4H3,(H,27,30). The van der Waals surface area contributed by atoms with Gasteiger partial charge in [0.2, 0.25) is 0 Å². The zero-order valence-electron chi connectivity index (χ0n) is 19.1. The van der Waals surface area contributed by atoms with Crippen LogP contribution in [0.2, 0.25) is 0 Å². The Morgan fingerprint density at radius 1 is 0.938 bits per heavy atom. The molecule has 0 aliphatic carbocycles. The fourth-order valence-corrected chi connectivity index (χ4v) is 4.42. The summed E-state index contributed by atoms with van der Waals surface area (Å²) in [6.45, 7) is 7.39. The van der Waals surface area contributed by atoms with Crippen molar-refractivity contribution in [2.45, 2.75) is 33.6 Å². The van der Waals surface area contributed by atoms with Crippen molar-refractivity contribution in [3.05, 3.63) is 76.6 Å². The number of ether oxygens (including phenoxy) is 1. The molecule has 3 aromatic rings. The van der Waals surface area contributed by atoms with Gasteiger partial charge < -0.3 is 19.5 Å². The molecule has 4 rings (SSSR count). The number of anilines is 1. The number of aryl methyl sites for hydroxylation is 1. The lowest BCUT2D eigenvalue weighted by atomic mass is 10.0. The first kappa shape index (κ1) is 21.7. The minimum atomic E-state index is -0.193. The summed E-state index contributed by atoms with van der Waals surface area (Å²) in [6.07, 6.45) is 2.09. The minimum absolute atomic E-state index is 0.0345. The van der Waals surface area contributed by atoms with Gasteiger partial charge >= 0.3 is 0 Å². The number of hydrogen-bond donors (Lipinski definition) is 1. The number of carbonyl (C=O) groups excluding carboxylic acids is 2. The van der Waals surface area contributed by atoms with Crippen LogP contribution in [-0.4, -0.2) is 41.5 Å². The molecule has 0 radical (unpaired) electrons. The normalized spacial score (nSPS) is 13.3. The average molecular weight is 432 g/mol. The second kappa shape index (κ2) is 8.91. The van der Waals surface area contributed by atoms with E-state index in [-0.39, 0.29) is 11.8 Å². The van der Waals surface area contributed by atoms with Gasteiger partial charge in [0.05, 0.1) is 12.7 Å². The van der Waals surface area contributed by atoms with Crippen LogP contribution in [0.25, 0.3) is 5.69 Å². The smallest absolute Gasteiger partial charge is 0.257 e. The van der Waals surface area contributed by atoms with Crippen LogP contribution in [0.1, 0.15) is 50.5 Å². The van der Waals surface area contributed by atoms with E-state index in [9.17, 15) is 9.59 Å². The predicted octanol–water partition coefficient (Wildman–Crippen LogP) is 4.90. The van der Waals surface area contributed by atoms with Gasteiger partial charge in [0.1, 0.15) is 5.75 Å². The Balaban J connectivity index is 1.61. The number of nitrogens with one attached hydrogen (secondary N) is 1. The van der Waals surface area contributed by atoms with Crippen molar-refractivity contribution in [3.63, 3.8) is 0 Å². The van der Waals surface area contributed by atoms with Crippen molar-refractivity contribution in [2.75, 3.05) is 25.5 Å². The van der Waals surface area contributed by atoms with E-state index in [1.165, 1.54) is 0 Å². The summed E-state index contributed by atoms with van der Waals surface area (Å²) in [5, 5.41) is 3.02. The summed E-state index contributed by atoms with van der Waals surface area (Å²) in [7, 11) is 1.64. The number of benzene rings is 2. The van der Waals surface area contributed by atoms with Crippen molar-refractivity contribution in [1.29, 1.82) is 0 Å². The lowest BCUT2D eigenvalue weighted by Crippen LogP contribution is -2.28. The first-order valence-corrected chi connectivity index (χ1v) is 10.9. The van der Waals surface area contributed by atoms with Crippen LogP contribution < -0.4 is 10.1 Å². The second-order valence-electron chi connectivity index (χ2n) is 8.25. The molecule has 0 saturated carbocycles. The van der Waals surface area contributed by atoms with Gasteiger partial charge in [-0.1, -0.05) is 12.1 Å². The molecule has 6 heteroatoms. The predicted molar refractivity (Wildman–Crippen MR) is 126 cm³/mol. The SMILES string of the molecule is COc1cccc(-n2c(C)cc(C(=O)Nc3cccc(C(=O)N4CCCC4)c3C)c2C)c1. The van der Waals surface area contributed by atoms with Crippen molar-refractivity contribution >= 4 is 17.5 Å². The van der Waals surface area contributed by atoms with Crippen LogP contribution in [0, 0.1) is 20.8 Å². The molecule has 6 nitrogen and oxygen atoms in total. The van der Waals surface area contributed by atoms with Gasteiger partial charge in [-0.3, -0.25) is 9.59 Å². The third-order valence-electron chi connectivity index (χ3n) is 6.19. The lowest BCUT2D eigenvalue weighted by molar-refractivity contribution is 0.0791. The van der Waals surface area contributed by atoms with Crippen molar-refractivity contribution in [1.82, 2.24) is 9.47 Å². The highest BCUT2D eigenvalue weighted by atomic mass is 16.5. The summed E-state index contributed by atoms with van der Waals surface area (Å²) in [5.74, 6) is 0.601. The number of carbonyl (C=O) groups is 2. The highest BCUT2D eigenvalue weighted by Gasteiger charge is 2.23. The molecule has 2 heterocycles. The molecule has 32 heavy (non-hydrogen) atoms. The van der Waals surface area contributed by atoms with Gasteiger partial charge in [-0.15, -0.1) is 0 Å². The van der Waals surface area contributed by atoms with Crippen LogP contribution in [0.4, 0.5) is 5.69 Å². The maximum Gasteiger partial charge on any atom is 0.257 e. The Kier molecular flexibility index (Phi) is 6.04. The van der Waals surface area contributed by atoms with Gasteiger partial charge in [0, 0.05) is 47.5 Å². The molecular formula is C26H29N3O3. The van der Waals surface area contributed by atoms with E-state index < -0.39 is 0 Å². The number of nitrogens with zero attached hydrogens (tertiary/aromatic N) is 2. The molecule has 166 valence electrons. The monoisotopic (exact) mass is 431 g/mol. The maximum atomic E-state index is 13.2. The first-order chi connectivity index (χ1) is 15.4. The molecule has 1 aromatic heterocycles. The number of likely N-dealkylation sites (tertiary alicyclic amines) is 1. The number of methoxy groups -OCH3 is 1. The Morgan fingerprint density at radius 2 is 1.66 bits per heavy atom. The van der Waals surface area contributed by atoms with E-state index in [0.717, 1.165) is 54.3 Å². The Bertz CT molecular complexity index is 1170. The van der Waals surface area contributed by atoms with Crippen molar-refractivity contribution < 1.29 is 14.3 Å². The Labute approximate surface area is 188 Å². The average Bonchev–Trinajstić information content (AvgIpc) is 3.43. The third-order valence-corrected chi connectivity index (χ3v) is 6.19. The lowest BCUT2D eigenvalue weighted by Gasteiger charge is -2.18. The summed E-state index contributed by atoms with van der Waals surface area (Å²) in [5.41, 5.74) is 5.43. The Morgan fingerprint density at radius 3 is 2.38 bits per heavy atom. The van der Waals surface area contributed by atoms with Gasteiger partial charge in [-0.05, 0) is 69.5 Å². The van der Waals surface area contributed by atoms with E-state index in [0.29, 0.717) is 16.8 Å². The van der Waals surface area contributed by atoms with Gasteiger partial charge in [-0.25, -0.2) is 0 Å². The van der Waals surface area contributed by atoms with E-state index in [2.05, 4.69) is 5.32 Å². The Hall–Kier alpha value is -3.54. The van der Waals surface area contributed by atoms with Gasteiger partial charge in [0.15, 0.2) is 0 Å². The number of amides is 2. The topological polar surface area (TPSA) is 63.6 Å². The summed E-state index contributed by atoms with van der Waals surface area (Å²) in [6, 6.07) is 15.1. The van der Waals surface area contributed by atoms with Crippen LogP contribution in [-0.2, 0) is 0 Å². The summed E-state index contributed by atoms with van der Waals surface area (Å²) >= 11 is 0. The zero-order chi connectivity index (χ0) is 22.8. The molecule has 0 atom stereocenters. The van der Waals surface area contributed by atoms with Gasteiger partial charge in [-0.2, -0.15) is 0 Å². The molecule has 0 bridgehead atoms. The van der Waals surface area contributed by atoms with E-state index in [4.69, 9.17) is 4.74 Å². The number of hydrogen-bond acceptors (Lipinski definition) is 3. The van der Waals surface area contributed by atoms with Crippen molar-refractivity contribution in [2.24, 2.45) is 0 Å². The third kappa shape index (κ3) is 4.00. The molecule has 1 aliphatic heterocycles. The van der Waals surface area contributed by atoms with E-state index >= 15 is 0 Å². The molecule has 1 N–H and O–H groups in total. The number of aromatic nitrogens is 1. The summed E-state index contributed by atoms with van der Waals surface area (Å²) in [4.78, 5) is 28.0. The summed E-state index contributed by atoms with van der Waals surface area (Å²) < 4.78 is 7.39. The van der Waals surface area contributed by atoms with Crippen LogP contribution in [0.3, 0.4) is 0 Å². The highest BCUT2D eigenvalue weighted by molar-refractivity contribution is 6.07. The molecule has 0 spiro atoms. The van der Waals surface area contributed by atoms with Crippen LogP contribution >= 0.6 is 0 Å². The zero-order valence-corrected chi connectivity index (χ0v) is 19.1. The molecule has 1 fully saturated rings. The molecule has 2 amide bonds. The number of rotatable bonds is 5. The largest absolute Gasteiger partial charge is 0.497 e. The highest BCUT2D eigenvalue weighted by Crippen LogP contribution is 2.26. The maximum absolute atomic E-state index is 13.2. The van der Waals surface area contributed by atoms with Crippen molar-refractivity contribution in [3.8, 4) is 11.4 Å². The molecule has 2 aromatic carbocycles. The molecular weight excluding hydrogens is 402 g/mol. The second-order valence-corrected chi connectivity index (χ2v) is 8.25. The fraction of sp³-hybridized carbons (Fsp3) is 0.308. The van der Waals surface area contributed by atoms with Crippen LogP contribution in [0.15, 0.2) is 48.5 Å². The van der Waals surface area contributed by atoms with Crippen LogP contribution in [0.5, 0.6) is 5.75 Å². The van der Waals surface area contributed by atoms with E-state index in [1.807, 2.05) is 78.8 Å².